The summed E-state index contributed by atoms with van der Waals surface area (Å²) >= 11 is 1.86. The van der Waals surface area contributed by atoms with Crippen LogP contribution in [0.25, 0.3) is 0 Å². The molecule has 0 aliphatic carbocycles. The zero-order chi connectivity index (χ0) is 9.68. The summed E-state index contributed by atoms with van der Waals surface area (Å²) in [6.07, 6.45) is 1.12. The number of hydrogen-bond acceptors (Lipinski definition) is 3. The summed E-state index contributed by atoms with van der Waals surface area (Å²) in [4.78, 5) is 4.95. The minimum Gasteiger partial charge on any atom is -0.395 e. The van der Waals surface area contributed by atoms with E-state index < -0.39 is 0 Å². The maximum absolute atomic E-state index is 8.73. The second-order valence-electron chi connectivity index (χ2n) is 3.18. The molecule has 0 atom stereocenters. The van der Waals surface area contributed by atoms with Crippen LogP contribution in [-0.4, -0.2) is 30.2 Å². The Balaban J connectivity index is 2.44. The van der Waals surface area contributed by atoms with Crippen molar-refractivity contribution >= 4 is 11.3 Å². The Labute approximate surface area is 83.8 Å². The van der Waals surface area contributed by atoms with Crippen molar-refractivity contribution in [2.24, 2.45) is 0 Å². The van der Waals surface area contributed by atoms with Gasteiger partial charge in [-0.25, -0.2) is 0 Å². The van der Waals surface area contributed by atoms with Crippen molar-refractivity contribution in [3.63, 3.8) is 0 Å². The van der Waals surface area contributed by atoms with Crippen LogP contribution in [0.2, 0.25) is 0 Å². The molecule has 0 fully saturated rings. The molecule has 0 aliphatic heterocycles. The van der Waals surface area contributed by atoms with E-state index in [4.69, 9.17) is 5.11 Å². The van der Waals surface area contributed by atoms with Gasteiger partial charge in [0.2, 0.25) is 0 Å². The van der Waals surface area contributed by atoms with Gasteiger partial charge in [-0.05, 0) is 25.6 Å². The zero-order valence-electron chi connectivity index (χ0n) is 8.29. The maximum atomic E-state index is 8.73. The highest BCUT2D eigenvalue weighted by Gasteiger charge is 2.02. The van der Waals surface area contributed by atoms with Crippen LogP contribution in [-0.2, 0) is 13.0 Å². The Morgan fingerprint density at radius 3 is 2.62 bits per heavy atom. The average molecular weight is 199 g/mol. The van der Waals surface area contributed by atoms with Crippen molar-refractivity contribution in [3.05, 3.63) is 21.9 Å². The molecule has 0 radical (unpaired) electrons. The number of thiophene rings is 1. The minimum atomic E-state index is 0.239. The molecule has 1 N–H and O–H groups in total. The first-order valence-electron chi connectivity index (χ1n) is 4.63. The maximum Gasteiger partial charge on any atom is 0.0558 e. The van der Waals surface area contributed by atoms with Crippen molar-refractivity contribution < 1.29 is 5.11 Å². The number of aliphatic hydroxyl groups excluding tert-OH is 1. The summed E-state index contributed by atoms with van der Waals surface area (Å²) in [6.45, 7) is 4.11. The summed E-state index contributed by atoms with van der Waals surface area (Å²) in [7, 11) is 2.03. The molecule has 0 aliphatic rings. The summed E-state index contributed by atoms with van der Waals surface area (Å²) in [5, 5.41) is 8.73. The van der Waals surface area contributed by atoms with Gasteiger partial charge in [0.25, 0.3) is 0 Å². The van der Waals surface area contributed by atoms with Gasteiger partial charge in [-0.2, -0.15) is 0 Å². The highest BCUT2D eigenvalue weighted by atomic mass is 32.1. The average Bonchev–Trinajstić information content (AvgIpc) is 2.52. The summed E-state index contributed by atoms with van der Waals surface area (Å²) < 4.78 is 0. The highest BCUT2D eigenvalue weighted by molar-refractivity contribution is 7.11. The van der Waals surface area contributed by atoms with E-state index in [1.54, 1.807) is 0 Å². The van der Waals surface area contributed by atoms with Gasteiger partial charge < -0.3 is 5.11 Å². The van der Waals surface area contributed by atoms with E-state index in [2.05, 4.69) is 24.0 Å². The third-order valence-electron chi connectivity index (χ3n) is 1.97. The third-order valence-corrected chi connectivity index (χ3v) is 3.19. The standard InChI is InChI=1S/C10H17NOS/c1-3-9-4-5-10(13-9)8-11(2)6-7-12/h4-5,12H,3,6-8H2,1-2H3. The van der Waals surface area contributed by atoms with E-state index in [1.807, 2.05) is 18.4 Å². The normalized spacial score (nSPS) is 11.1. The lowest BCUT2D eigenvalue weighted by Gasteiger charge is -2.12. The molecule has 0 aromatic carbocycles. The van der Waals surface area contributed by atoms with Crippen LogP contribution in [0.4, 0.5) is 0 Å². The lowest BCUT2D eigenvalue weighted by atomic mass is 10.3. The van der Waals surface area contributed by atoms with Crippen LogP contribution < -0.4 is 0 Å². The molecule has 0 unspecified atom stereocenters. The van der Waals surface area contributed by atoms with E-state index in [1.165, 1.54) is 9.75 Å². The molecule has 1 rings (SSSR count). The van der Waals surface area contributed by atoms with Gasteiger partial charge in [-0.1, -0.05) is 6.92 Å². The van der Waals surface area contributed by atoms with E-state index in [0.717, 1.165) is 19.5 Å². The molecule has 0 spiro atoms. The van der Waals surface area contributed by atoms with Crippen LogP contribution >= 0.6 is 11.3 Å². The van der Waals surface area contributed by atoms with E-state index in [9.17, 15) is 0 Å². The van der Waals surface area contributed by atoms with E-state index in [0.29, 0.717) is 0 Å². The fraction of sp³-hybridized carbons (Fsp3) is 0.600. The Kier molecular flexibility index (Phi) is 4.42. The van der Waals surface area contributed by atoms with Crippen molar-refractivity contribution in [2.45, 2.75) is 19.9 Å². The summed E-state index contributed by atoms with van der Waals surface area (Å²) in [5.41, 5.74) is 0. The SMILES string of the molecule is CCc1ccc(CN(C)CCO)s1. The predicted molar refractivity (Wildman–Crippen MR) is 57.1 cm³/mol. The lowest BCUT2D eigenvalue weighted by molar-refractivity contribution is 0.218. The van der Waals surface area contributed by atoms with Crippen LogP contribution in [0.1, 0.15) is 16.7 Å². The number of rotatable bonds is 5. The topological polar surface area (TPSA) is 23.5 Å². The van der Waals surface area contributed by atoms with Crippen LogP contribution in [0.3, 0.4) is 0 Å². The number of aliphatic hydroxyl groups is 1. The van der Waals surface area contributed by atoms with Gasteiger partial charge in [-0.3, -0.25) is 4.90 Å². The van der Waals surface area contributed by atoms with Gasteiger partial charge in [-0.15, -0.1) is 11.3 Å². The second kappa shape index (κ2) is 5.37. The van der Waals surface area contributed by atoms with Gasteiger partial charge in [0.1, 0.15) is 0 Å². The molecule has 13 heavy (non-hydrogen) atoms. The number of likely N-dealkylation sites (N-methyl/N-ethyl adjacent to an activating group) is 1. The minimum absolute atomic E-state index is 0.239. The first-order valence-corrected chi connectivity index (χ1v) is 5.45. The monoisotopic (exact) mass is 199 g/mol. The number of nitrogens with zero attached hydrogens (tertiary/aromatic N) is 1. The van der Waals surface area contributed by atoms with Crippen LogP contribution in [0.15, 0.2) is 12.1 Å². The molecule has 1 heterocycles. The molecule has 0 saturated carbocycles. The van der Waals surface area contributed by atoms with E-state index in [-0.39, 0.29) is 6.61 Å². The van der Waals surface area contributed by atoms with Crippen molar-refractivity contribution in [2.75, 3.05) is 20.2 Å². The van der Waals surface area contributed by atoms with Crippen molar-refractivity contribution in [1.29, 1.82) is 0 Å². The Morgan fingerprint density at radius 2 is 2.08 bits per heavy atom. The molecular weight excluding hydrogens is 182 g/mol. The summed E-state index contributed by atoms with van der Waals surface area (Å²) in [5.74, 6) is 0. The number of aryl methyl sites for hydroxylation is 1. The quantitative estimate of drug-likeness (QED) is 0.780. The molecule has 3 heteroatoms. The largest absolute Gasteiger partial charge is 0.395 e. The Morgan fingerprint density at radius 1 is 1.38 bits per heavy atom. The fourth-order valence-electron chi connectivity index (χ4n) is 1.21. The lowest BCUT2D eigenvalue weighted by Crippen LogP contribution is -2.20. The van der Waals surface area contributed by atoms with E-state index >= 15 is 0 Å². The Hall–Kier alpha value is -0.380. The van der Waals surface area contributed by atoms with Crippen molar-refractivity contribution in [1.82, 2.24) is 4.90 Å². The van der Waals surface area contributed by atoms with Gasteiger partial charge in [0, 0.05) is 22.8 Å². The highest BCUT2D eigenvalue weighted by Crippen LogP contribution is 2.17. The zero-order valence-corrected chi connectivity index (χ0v) is 9.10. The van der Waals surface area contributed by atoms with Gasteiger partial charge in [0.15, 0.2) is 0 Å². The van der Waals surface area contributed by atoms with Crippen molar-refractivity contribution in [3.8, 4) is 0 Å². The molecular formula is C10H17NOS. The third kappa shape index (κ3) is 3.46. The predicted octanol–water partition coefficient (Wildman–Crippen LogP) is 1.73. The van der Waals surface area contributed by atoms with Gasteiger partial charge in [0.05, 0.1) is 6.61 Å². The molecule has 2 nitrogen and oxygen atoms in total. The second-order valence-corrected chi connectivity index (χ2v) is 4.44. The molecule has 74 valence electrons. The Bertz CT molecular complexity index is 247. The molecule has 1 aromatic rings. The molecule has 0 amide bonds. The molecule has 1 aromatic heterocycles. The molecule has 0 bridgehead atoms. The number of hydrogen-bond donors (Lipinski definition) is 1. The van der Waals surface area contributed by atoms with Crippen LogP contribution in [0.5, 0.6) is 0 Å². The summed E-state index contributed by atoms with van der Waals surface area (Å²) in [6, 6.07) is 4.37. The fourth-order valence-corrected chi connectivity index (χ4v) is 2.25. The first kappa shape index (κ1) is 10.7. The first-order chi connectivity index (χ1) is 6.26. The smallest absolute Gasteiger partial charge is 0.0558 e. The van der Waals surface area contributed by atoms with Gasteiger partial charge >= 0.3 is 0 Å². The van der Waals surface area contributed by atoms with Crippen LogP contribution in [0, 0.1) is 0 Å². The molecule has 0 saturated heterocycles.